The van der Waals surface area contributed by atoms with E-state index in [-0.39, 0.29) is 6.04 Å². The monoisotopic (exact) mass is 323 g/mol. The largest absolute Gasteiger partial charge is 0.477 e. The molecule has 124 valence electrons. The van der Waals surface area contributed by atoms with Gasteiger partial charge in [-0.25, -0.2) is 0 Å². The molecule has 0 saturated carbocycles. The van der Waals surface area contributed by atoms with Crippen LogP contribution in [0, 0.1) is 0 Å². The van der Waals surface area contributed by atoms with Gasteiger partial charge in [-0.1, -0.05) is 30.3 Å². The Labute approximate surface area is 141 Å². The van der Waals surface area contributed by atoms with E-state index in [4.69, 9.17) is 4.74 Å². The van der Waals surface area contributed by atoms with Crippen molar-refractivity contribution in [1.29, 1.82) is 0 Å². The molecule has 0 aliphatic heterocycles. The third-order valence-corrected chi connectivity index (χ3v) is 3.61. The van der Waals surface area contributed by atoms with E-state index in [1.165, 1.54) is 5.56 Å². The molecule has 1 atom stereocenters. The van der Waals surface area contributed by atoms with Crippen molar-refractivity contribution in [3.8, 4) is 5.88 Å². The molecule has 2 heterocycles. The van der Waals surface area contributed by atoms with Crippen LogP contribution in [0.5, 0.6) is 5.88 Å². The predicted octanol–water partition coefficient (Wildman–Crippen LogP) is 3.29. The lowest BCUT2D eigenvalue weighted by molar-refractivity contribution is 0.325. The summed E-state index contributed by atoms with van der Waals surface area (Å²) in [6.07, 6.45) is 7.22. The fraction of sp³-hybridized carbons (Fsp3) is 0.278. The fourth-order valence-electron chi connectivity index (χ4n) is 2.40. The lowest BCUT2D eigenvalue weighted by Crippen LogP contribution is -2.08. The van der Waals surface area contributed by atoms with E-state index in [0.29, 0.717) is 18.3 Å². The van der Waals surface area contributed by atoms with Gasteiger partial charge in [0.2, 0.25) is 5.88 Å². The van der Waals surface area contributed by atoms with Crippen LogP contribution in [0.25, 0.3) is 0 Å². The molecule has 0 fully saturated rings. The first-order valence-electron chi connectivity index (χ1n) is 8.02. The van der Waals surface area contributed by atoms with Crippen molar-refractivity contribution in [3.63, 3.8) is 0 Å². The van der Waals surface area contributed by atoms with Gasteiger partial charge in [0.25, 0.3) is 0 Å². The first kappa shape index (κ1) is 16.0. The van der Waals surface area contributed by atoms with E-state index >= 15 is 0 Å². The van der Waals surface area contributed by atoms with Crippen LogP contribution in [0.4, 0.5) is 5.82 Å². The number of anilines is 1. The molecule has 1 aromatic carbocycles. The highest BCUT2D eigenvalue weighted by atomic mass is 16.5. The molecule has 0 bridgehead atoms. The summed E-state index contributed by atoms with van der Waals surface area (Å²) in [6, 6.07) is 10.3. The number of benzene rings is 1. The zero-order valence-electron chi connectivity index (χ0n) is 13.9. The topological polar surface area (TPSA) is 64.9 Å². The summed E-state index contributed by atoms with van der Waals surface area (Å²) in [6.45, 7) is 5.32. The van der Waals surface area contributed by atoms with E-state index in [1.807, 2.05) is 42.2 Å². The lowest BCUT2D eigenvalue weighted by atomic mass is 10.2. The van der Waals surface area contributed by atoms with Crippen molar-refractivity contribution in [2.24, 2.45) is 0 Å². The second-order valence-corrected chi connectivity index (χ2v) is 5.50. The first-order valence-corrected chi connectivity index (χ1v) is 8.02. The SMILES string of the molecule is CCOc1cncc(NC(C)c2cnn(Cc3ccccc3)c2)n1. The second kappa shape index (κ2) is 7.59. The zero-order chi connectivity index (χ0) is 16.8. The zero-order valence-corrected chi connectivity index (χ0v) is 13.9. The van der Waals surface area contributed by atoms with Crippen LogP contribution >= 0.6 is 0 Å². The molecule has 3 aromatic rings. The molecule has 6 nitrogen and oxygen atoms in total. The quantitative estimate of drug-likeness (QED) is 0.723. The van der Waals surface area contributed by atoms with Crippen molar-refractivity contribution < 1.29 is 4.74 Å². The van der Waals surface area contributed by atoms with Crippen LogP contribution in [0.1, 0.15) is 31.0 Å². The Bertz CT molecular complexity index is 772. The van der Waals surface area contributed by atoms with E-state index in [2.05, 4.69) is 39.4 Å². The van der Waals surface area contributed by atoms with Crippen LogP contribution in [0.15, 0.2) is 55.1 Å². The maximum absolute atomic E-state index is 5.37. The molecule has 3 rings (SSSR count). The Balaban J connectivity index is 1.65. The van der Waals surface area contributed by atoms with Crippen LogP contribution in [0.2, 0.25) is 0 Å². The Morgan fingerprint density at radius 1 is 1.17 bits per heavy atom. The minimum atomic E-state index is 0.0701. The number of nitrogens with zero attached hydrogens (tertiary/aromatic N) is 4. The Hall–Kier alpha value is -2.89. The highest BCUT2D eigenvalue weighted by Gasteiger charge is 2.10. The van der Waals surface area contributed by atoms with Gasteiger partial charge >= 0.3 is 0 Å². The van der Waals surface area contributed by atoms with Crippen molar-refractivity contribution in [2.75, 3.05) is 11.9 Å². The summed E-state index contributed by atoms with van der Waals surface area (Å²) in [5.74, 6) is 1.21. The van der Waals surface area contributed by atoms with Gasteiger partial charge in [-0.2, -0.15) is 10.1 Å². The van der Waals surface area contributed by atoms with Crippen LogP contribution in [-0.2, 0) is 6.54 Å². The molecule has 0 saturated heterocycles. The van der Waals surface area contributed by atoms with Crippen molar-refractivity contribution >= 4 is 5.82 Å². The van der Waals surface area contributed by atoms with Gasteiger partial charge in [0, 0.05) is 11.8 Å². The van der Waals surface area contributed by atoms with Gasteiger partial charge in [-0.3, -0.25) is 9.67 Å². The molecule has 2 aromatic heterocycles. The molecular weight excluding hydrogens is 302 g/mol. The number of rotatable bonds is 7. The molecule has 0 radical (unpaired) electrons. The maximum atomic E-state index is 5.37. The number of aromatic nitrogens is 4. The minimum Gasteiger partial charge on any atom is -0.477 e. The third kappa shape index (κ3) is 4.10. The van der Waals surface area contributed by atoms with Crippen molar-refractivity contribution in [1.82, 2.24) is 19.7 Å². The fourth-order valence-corrected chi connectivity index (χ4v) is 2.40. The summed E-state index contributed by atoms with van der Waals surface area (Å²) >= 11 is 0. The van der Waals surface area contributed by atoms with Gasteiger partial charge in [0.1, 0.15) is 5.82 Å². The summed E-state index contributed by atoms with van der Waals surface area (Å²) in [4.78, 5) is 8.52. The standard InChI is InChI=1S/C18H21N5O/c1-3-24-18-11-19-10-17(22-18)21-14(2)16-9-20-23(13-16)12-15-7-5-4-6-8-15/h4-11,13-14H,3,12H2,1-2H3,(H,21,22). The van der Waals surface area contributed by atoms with Crippen molar-refractivity contribution in [3.05, 3.63) is 66.2 Å². The molecule has 1 unspecified atom stereocenters. The normalized spacial score (nSPS) is 11.9. The van der Waals surface area contributed by atoms with Gasteiger partial charge in [0.15, 0.2) is 0 Å². The predicted molar refractivity (Wildman–Crippen MR) is 93.0 cm³/mol. The molecule has 6 heteroatoms. The third-order valence-electron chi connectivity index (χ3n) is 3.61. The van der Waals surface area contributed by atoms with E-state index in [9.17, 15) is 0 Å². The summed E-state index contributed by atoms with van der Waals surface area (Å²) < 4.78 is 7.31. The molecule has 0 amide bonds. The Morgan fingerprint density at radius 2 is 2.00 bits per heavy atom. The molecule has 0 aliphatic rings. The lowest BCUT2D eigenvalue weighted by Gasteiger charge is -2.13. The smallest absolute Gasteiger partial charge is 0.234 e. The summed E-state index contributed by atoms with van der Waals surface area (Å²) in [5, 5.41) is 7.76. The van der Waals surface area contributed by atoms with E-state index < -0.39 is 0 Å². The van der Waals surface area contributed by atoms with Gasteiger partial charge < -0.3 is 10.1 Å². The molecule has 24 heavy (non-hydrogen) atoms. The van der Waals surface area contributed by atoms with Crippen molar-refractivity contribution in [2.45, 2.75) is 26.4 Å². The highest BCUT2D eigenvalue weighted by molar-refractivity contribution is 5.36. The van der Waals surface area contributed by atoms with Gasteiger partial charge in [-0.15, -0.1) is 0 Å². The van der Waals surface area contributed by atoms with Gasteiger partial charge in [-0.05, 0) is 19.4 Å². The van der Waals surface area contributed by atoms with Crippen LogP contribution < -0.4 is 10.1 Å². The number of hydrogen-bond donors (Lipinski definition) is 1. The highest BCUT2D eigenvalue weighted by Crippen LogP contribution is 2.18. The van der Waals surface area contributed by atoms with E-state index in [1.54, 1.807) is 12.4 Å². The molecule has 1 N–H and O–H groups in total. The molecule has 0 aliphatic carbocycles. The summed E-state index contributed by atoms with van der Waals surface area (Å²) in [5.41, 5.74) is 2.32. The summed E-state index contributed by atoms with van der Waals surface area (Å²) in [7, 11) is 0. The second-order valence-electron chi connectivity index (χ2n) is 5.50. The Morgan fingerprint density at radius 3 is 2.79 bits per heavy atom. The van der Waals surface area contributed by atoms with Crippen LogP contribution in [-0.4, -0.2) is 26.4 Å². The molecule has 0 spiro atoms. The number of ether oxygens (including phenoxy) is 1. The minimum absolute atomic E-state index is 0.0701. The van der Waals surface area contributed by atoms with Gasteiger partial charge in [0.05, 0.1) is 37.8 Å². The number of hydrogen-bond acceptors (Lipinski definition) is 5. The Kier molecular flexibility index (Phi) is 5.05. The van der Waals surface area contributed by atoms with E-state index in [0.717, 1.165) is 12.1 Å². The average molecular weight is 323 g/mol. The van der Waals surface area contributed by atoms with Crippen LogP contribution in [0.3, 0.4) is 0 Å². The average Bonchev–Trinajstić information content (AvgIpc) is 3.05. The number of nitrogens with one attached hydrogen (secondary N) is 1. The first-order chi connectivity index (χ1) is 11.7. The molecular formula is C18H21N5O. The maximum Gasteiger partial charge on any atom is 0.234 e.